The van der Waals surface area contributed by atoms with E-state index in [0.29, 0.717) is 29.7 Å². The molecule has 3 rings (SSSR count). The van der Waals surface area contributed by atoms with Crippen molar-refractivity contribution in [3.63, 3.8) is 0 Å². The van der Waals surface area contributed by atoms with Crippen molar-refractivity contribution < 1.29 is 9.26 Å². The van der Waals surface area contributed by atoms with Crippen molar-refractivity contribution in [3.8, 4) is 23.2 Å². The van der Waals surface area contributed by atoms with Crippen LogP contribution in [0.4, 0.5) is 0 Å². The Morgan fingerprint density at radius 2 is 2.19 bits per heavy atom. The number of rotatable bonds is 4. The van der Waals surface area contributed by atoms with Crippen LogP contribution < -0.4 is 4.74 Å². The number of imidazole rings is 1. The molecule has 0 aliphatic heterocycles. The fraction of sp³-hybridized carbons (Fsp3) is 0.286. The maximum Gasteiger partial charge on any atom is 0.282 e. The summed E-state index contributed by atoms with van der Waals surface area (Å²) in [7, 11) is 1.59. The highest BCUT2D eigenvalue weighted by Gasteiger charge is 2.22. The molecule has 0 aliphatic carbocycles. The summed E-state index contributed by atoms with van der Waals surface area (Å²) in [4.78, 5) is 12.9. The first-order valence-electron chi connectivity index (χ1n) is 6.61. The summed E-state index contributed by atoms with van der Waals surface area (Å²) >= 11 is 0. The second kappa shape index (κ2) is 5.35. The average Bonchev–Trinajstić information content (AvgIpc) is 3.11. The van der Waals surface area contributed by atoms with E-state index < -0.39 is 0 Å². The van der Waals surface area contributed by atoms with Crippen molar-refractivity contribution in [2.75, 3.05) is 7.11 Å². The molecular weight excluding hydrogens is 270 g/mol. The van der Waals surface area contributed by atoms with E-state index in [-0.39, 0.29) is 0 Å². The van der Waals surface area contributed by atoms with Gasteiger partial charge in [0.05, 0.1) is 19.0 Å². The summed E-state index contributed by atoms with van der Waals surface area (Å²) < 4.78 is 12.6. The van der Waals surface area contributed by atoms with E-state index in [1.165, 1.54) is 0 Å². The number of hydrogen-bond donors (Lipinski definition) is 0. The third-order valence-corrected chi connectivity index (χ3v) is 3.09. The third-order valence-electron chi connectivity index (χ3n) is 3.09. The number of pyridine rings is 1. The molecule has 108 valence electrons. The van der Waals surface area contributed by atoms with E-state index in [1.807, 2.05) is 30.5 Å². The summed E-state index contributed by atoms with van der Waals surface area (Å²) in [6.07, 6.45) is 4.16. The largest absolute Gasteiger partial charge is 0.480 e. The van der Waals surface area contributed by atoms with Crippen LogP contribution in [0.1, 0.15) is 18.6 Å². The molecule has 3 heterocycles. The quantitative estimate of drug-likeness (QED) is 0.731. The van der Waals surface area contributed by atoms with Gasteiger partial charge in [-0.3, -0.25) is 9.55 Å². The van der Waals surface area contributed by atoms with E-state index in [4.69, 9.17) is 9.26 Å². The number of nitrogens with zero attached hydrogens (tertiary/aromatic N) is 5. The molecule has 3 aromatic heterocycles. The van der Waals surface area contributed by atoms with Crippen LogP contribution in [0.15, 0.2) is 29.0 Å². The highest BCUT2D eigenvalue weighted by Crippen LogP contribution is 2.31. The first-order valence-corrected chi connectivity index (χ1v) is 6.61. The Balaban J connectivity index is 2.15. The summed E-state index contributed by atoms with van der Waals surface area (Å²) in [5, 5.41) is 3.89. The number of aromatic nitrogens is 5. The Labute approximate surface area is 121 Å². The van der Waals surface area contributed by atoms with Gasteiger partial charge < -0.3 is 9.26 Å². The molecule has 0 bridgehead atoms. The molecular formula is C14H15N5O2. The van der Waals surface area contributed by atoms with E-state index in [0.717, 1.165) is 11.5 Å². The first kappa shape index (κ1) is 13.3. The Hall–Kier alpha value is -2.70. The first-order chi connectivity index (χ1) is 10.2. The lowest BCUT2D eigenvalue weighted by Crippen LogP contribution is -2.00. The van der Waals surface area contributed by atoms with Crippen molar-refractivity contribution in [1.82, 2.24) is 24.7 Å². The van der Waals surface area contributed by atoms with Gasteiger partial charge in [-0.2, -0.15) is 4.98 Å². The van der Waals surface area contributed by atoms with Gasteiger partial charge in [0.25, 0.3) is 5.89 Å². The van der Waals surface area contributed by atoms with Crippen molar-refractivity contribution in [1.29, 1.82) is 0 Å². The second-order valence-electron chi connectivity index (χ2n) is 4.43. The van der Waals surface area contributed by atoms with E-state index >= 15 is 0 Å². The van der Waals surface area contributed by atoms with Crippen LogP contribution in [-0.2, 0) is 6.42 Å². The Morgan fingerprint density at radius 3 is 2.81 bits per heavy atom. The van der Waals surface area contributed by atoms with Gasteiger partial charge in [-0.15, -0.1) is 0 Å². The van der Waals surface area contributed by atoms with Gasteiger partial charge in [0.2, 0.25) is 5.88 Å². The van der Waals surface area contributed by atoms with Crippen LogP contribution in [0.2, 0.25) is 0 Å². The van der Waals surface area contributed by atoms with Crippen molar-refractivity contribution in [3.05, 3.63) is 36.2 Å². The molecule has 21 heavy (non-hydrogen) atoms. The summed E-state index contributed by atoms with van der Waals surface area (Å²) in [6.45, 7) is 3.85. The van der Waals surface area contributed by atoms with Gasteiger partial charge in [-0.25, -0.2) is 4.98 Å². The van der Waals surface area contributed by atoms with E-state index in [1.54, 1.807) is 19.5 Å². The van der Waals surface area contributed by atoms with Gasteiger partial charge in [0, 0.05) is 12.6 Å². The van der Waals surface area contributed by atoms with Crippen LogP contribution in [0.25, 0.3) is 17.3 Å². The third kappa shape index (κ3) is 2.26. The van der Waals surface area contributed by atoms with Gasteiger partial charge >= 0.3 is 0 Å². The molecule has 7 heteroatoms. The lowest BCUT2D eigenvalue weighted by molar-refractivity contribution is 0.383. The molecule has 7 nitrogen and oxygen atoms in total. The SMILES string of the molecule is CCc1noc(-c2nc(C)n(-c3cccnc3)c2OC)n1. The molecule has 0 radical (unpaired) electrons. The fourth-order valence-corrected chi connectivity index (χ4v) is 2.12. The molecule has 0 saturated carbocycles. The Bertz CT molecular complexity index is 748. The highest BCUT2D eigenvalue weighted by molar-refractivity contribution is 5.58. The zero-order valence-electron chi connectivity index (χ0n) is 12.1. The second-order valence-corrected chi connectivity index (χ2v) is 4.43. The lowest BCUT2D eigenvalue weighted by atomic mass is 10.4. The van der Waals surface area contributed by atoms with Gasteiger partial charge in [0.15, 0.2) is 11.5 Å². The molecule has 0 spiro atoms. The van der Waals surface area contributed by atoms with Gasteiger partial charge in [-0.1, -0.05) is 12.1 Å². The summed E-state index contributed by atoms with van der Waals surface area (Å²) in [6, 6.07) is 3.79. The number of aryl methyl sites for hydroxylation is 2. The van der Waals surface area contributed by atoms with E-state index in [9.17, 15) is 0 Å². The molecule has 0 amide bonds. The molecule has 0 atom stereocenters. The molecule has 0 fully saturated rings. The van der Waals surface area contributed by atoms with Crippen LogP contribution in [-0.4, -0.2) is 31.8 Å². The van der Waals surface area contributed by atoms with Crippen molar-refractivity contribution >= 4 is 0 Å². The molecule has 0 saturated heterocycles. The van der Waals surface area contributed by atoms with Crippen LogP contribution in [0.3, 0.4) is 0 Å². The normalized spacial score (nSPS) is 10.8. The topological polar surface area (TPSA) is 78.9 Å². The molecule has 0 aromatic carbocycles. The zero-order valence-corrected chi connectivity index (χ0v) is 12.1. The van der Waals surface area contributed by atoms with Crippen LogP contribution in [0.5, 0.6) is 5.88 Å². The predicted molar refractivity (Wildman–Crippen MR) is 75.3 cm³/mol. The Kier molecular flexibility index (Phi) is 3.39. The predicted octanol–water partition coefficient (Wildman–Crippen LogP) is 2.20. The standard InChI is InChI=1S/C14H15N5O2/c1-4-11-17-13(21-18-11)12-14(20-3)19(9(2)16-12)10-6-5-7-15-8-10/h5-8H,4H2,1-3H3. The molecule has 0 aliphatic rings. The number of ether oxygens (including phenoxy) is 1. The zero-order chi connectivity index (χ0) is 14.8. The molecule has 0 N–H and O–H groups in total. The average molecular weight is 285 g/mol. The Morgan fingerprint density at radius 1 is 1.33 bits per heavy atom. The number of hydrogen-bond acceptors (Lipinski definition) is 6. The summed E-state index contributed by atoms with van der Waals surface area (Å²) in [5.74, 6) is 2.30. The maximum absolute atomic E-state index is 5.49. The minimum Gasteiger partial charge on any atom is -0.480 e. The monoisotopic (exact) mass is 285 g/mol. The highest BCUT2D eigenvalue weighted by atomic mass is 16.5. The minimum atomic E-state index is 0.356. The summed E-state index contributed by atoms with van der Waals surface area (Å²) in [5.41, 5.74) is 1.40. The number of methoxy groups -OCH3 is 1. The van der Waals surface area contributed by atoms with Crippen LogP contribution in [0, 0.1) is 6.92 Å². The van der Waals surface area contributed by atoms with E-state index in [2.05, 4.69) is 20.1 Å². The molecule has 3 aromatic rings. The van der Waals surface area contributed by atoms with Crippen molar-refractivity contribution in [2.24, 2.45) is 0 Å². The minimum absolute atomic E-state index is 0.356. The maximum atomic E-state index is 5.49. The van der Waals surface area contributed by atoms with Gasteiger partial charge in [-0.05, 0) is 19.1 Å². The smallest absolute Gasteiger partial charge is 0.282 e. The lowest BCUT2D eigenvalue weighted by Gasteiger charge is -2.08. The molecule has 0 unspecified atom stereocenters. The van der Waals surface area contributed by atoms with Crippen LogP contribution >= 0.6 is 0 Å². The van der Waals surface area contributed by atoms with Crippen molar-refractivity contribution in [2.45, 2.75) is 20.3 Å². The van der Waals surface area contributed by atoms with Gasteiger partial charge in [0.1, 0.15) is 5.82 Å². The fourth-order valence-electron chi connectivity index (χ4n) is 2.12.